The van der Waals surface area contributed by atoms with Crippen LogP contribution < -0.4 is 10.0 Å². The molecule has 1 aliphatic rings. The van der Waals surface area contributed by atoms with Crippen molar-refractivity contribution in [1.82, 2.24) is 14.8 Å². The summed E-state index contributed by atoms with van der Waals surface area (Å²) in [5.74, 6) is -0.0935. The molecule has 1 saturated heterocycles. The molecule has 0 bridgehead atoms. The van der Waals surface area contributed by atoms with Crippen molar-refractivity contribution < 1.29 is 13.8 Å². The fourth-order valence-electron chi connectivity index (χ4n) is 4.09. The number of benzene rings is 3. The zero-order chi connectivity index (χ0) is 24.9. The summed E-state index contributed by atoms with van der Waals surface area (Å²) in [7, 11) is -1.51. The summed E-state index contributed by atoms with van der Waals surface area (Å²) in [5.41, 5.74) is 2.61. The Morgan fingerprint density at radius 3 is 2.19 bits per heavy atom. The zero-order valence-electron chi connectivity index (χ0n) is 19.5. The molecule has 1 atom stereocenters. The predicted molar refractivity (Wildman–Crippen MR) is 141 cm³/mol. The van der Waals surface area contributed by atoms with Crippen molar-refractivity contribution >= 4 is 45.2 Å². The van der Waals surface area contributed by atoms with Gasteiger partial charge in [0.05, 0.1) is 10.4 Å². The molecule has 3 aromatic carbocycles. The fraction of sp³-hybridized carbons (Fsp3) is 0.148. The van der Waals surface area contributed by atoms with Gasteiger partial charge < -0.3 is 19.8 Å². The minimum Gasteiger partial charge on any atom is -0.335 e. The molecule has 8 nitrogen and oxygen atoms in total. The highest BCUT2D eigenvalue weighted by molar-refractivity contribution is 7.86. The molecule has 0 radical (unpaired) electrons. The van der Waals surface area contributed by atoms with Crippen LogP contribution in [0, 0.1) is 0 Å². The molecule has 36 heavy (non-hydrogen) atoms. The van der Waals surface area contributed by atoms with Crippen LogP contribution in [0.5, 0.6) is 0 Å². The van der Waals surface area contributed by atoms with Gasteiger partial charge in [-0.25, -0.2) is 9.00 Å². The maximum Gasteiger partial charge on any atom is 0.321 e. The van der Waals surface area contributed by atoms with Gasteiger partial charge in [-0.2, -0.15) is 0 Å². The Morgan fingerprint density at radius 2 is 1.44 bits per heavy atom. The van der Waals surface area contributed by atoms with Crippen molar-refractivity contribution in [3.63, 3.8) is 0 Å². The number of pyridine rings is 1. The Morgan fingerprint density at radius 1 is 0.750 bits per heavy atom. The molecule has 1 aromatic heterocycles. The largest absolute Gasteiger partial charge is 0.335 e. The monoisotopic (exact) mass is 499 g/mol. The van der Waals surface area contributed by atoms with Crippen LogP contribution in [0.4, 0.5) is 16.2 Å². The van der Waals surface area contributed by atoms with Crippen LogP contribution in [0.1, 0.15) is 10.4 Å². The fourth-order valence-corrected chi connectivity index (χ4v) is 5.10. The van der Waals surface area contributed by atoms with Crippen LogP contribution in [0.3, 0.4) is 0 Å². The van der Waals surface area contributed by atoms with E-state index in [-0.39, 0.29) is 11.9 Å². The van der Waals surface area contributed by atoms with Crippen LogP contribution in [0.2, 0.25) is 0 Å². The summed E-state index contributed by atoms with van der Waals surface area (Å²) >= 11 is 0. The second-order valence-corrected chi connectivity index (χ2v) is 9.54. The van der Waals surface area contributed by atoms with Crippen molar-refractivity contribution in [3.8, 4) is 0 Å². The molecule has 1 fully saturated rings. The third-order valence-corrected chi connectivity index (χ3v) is 7.17. The lowest BCUT2D eigenvalue weighted by Gasteiger charge is -2.34. The van der Waals surface area contributed by atoms with Gasteiger partial charge in [0.2, 0.25) is 0 Å². The van der Waals surface area contributed by atoms with Gasteiger partial charge in [-0.15, -0.1) is 0 Å². The van der Waals surface area contributed by atoms with Crippen LogP contribution in [0.15, 0.2) is 96.0 Å². The zero-order valence-corrected chi connectivity index (χ0v) is 20.3. The molecular weight excluding hydrogens is 474 g/mol. The van der Waals surface area contributed by atoms with Gasteiger partial charge in [0.25, 0.3) is 5.91 Å². The highest BCUT2D eigenvalue weighted by atomic mass is 32.2. The molecule has 2 N–H and O–H groups in total. The molecular formula is C27H25N5O3S. The molecule has 182 valence electrons. The van der Waals surface area contributed by atoms with Crippen LogP contribution >= 0.6 is 0 Å². The first-order chi connectivity index (χ1) is 17.6. The Hall–Kier alpha value is -4.24. The number of aromatic nitrogens is 1. The predicted octanol–water partition coefficient (Wildman–Crippen LogP) is 4.36. The highest BCUT2D eigenvalue weighted by Gasteiger charge is 2.25. The van der Waals surface area contributed by atoms with E-state index in [1.807, 2.05) is 54.6 Å². The number of fused-ring (bicyclic) bond motifs is 1. The molecule has 3 amide bonds. The highest BCUT2D eigenvalue weighted by Crippen LogP contribution is 2.21. The van der Waals surface area contributed by atoms with E-state index in [2.05, 4.69) is 15.0 Å². The second kappa shape index (κ2) is 10.6. The van der Waals surface area contributed by atoms with Crippen LogP contribution in [-0.2, 0) is 11.0 Å². The number of nitrogens with one attached hydrogen (secondary N) is 2. The van der Waals surface area contributed by atoms with Crippen molar-refractivity contribution in [1.29, 1.82) is 0 Å². The topological polar surface area (TPSA) is 94.6 Å². The molecule has 9 heteroatoms. The van der Waals surface area contributed by atoms with E-state index in [9.17, 15) is 13.8 Å². The number of carbonyl (C=O) groups excluding carboxylic acids is 2. The maximum absolute atomic E-state index is 13.0. The number of nitrogens with zero attached hydrogens (tertiary/aromatic N) is 3. The molecule has 1 unspecified atom stereocenters. The number of hydrogen-bond donors (Lipinski definition) is 2. The second-order valence-electron chi connectivity index (χ2n) is 8.35. The van der Waals surface area contributed by atoms with Crippen molar-refractivity contribution in [2.24, 2.45) is 0 Å². The standard InChI is InChI=1S/C27H25N5O3S/c33-26(31-16-18-32(19-17-31)27(34)29-22-8-2-1-3-9-22)21-11-13-23(14-12-21)30-36(35)24-10-4-6-20-7-5-15-28-25(20)24/h1-15,30H,16-19H2,(H,29,34). The van der Waals surface area contributed by atoms with Gasteiger partial charge in [0, 0.05) is 54.7 Å². The van der Waals surface area contributed by atoms with Gasteiger partial charge >= 0.3 is 6.03 Å². The van der Waals surface area contributed by atoms with Gasteiger partial charge in [-0.3, -0.25) is 9.78 Å². The van der Waals surface area contributed by atoms with Gasteiger partial charge in [-0.1, -0.05) is 36.4 Å². The Balaban J connectivity index is 1.17. The van der Waals surface area contributed by atoms with E-state index in [1.54, 1.807) is 46.3 Å². The number of piperazine rings is 1. The lowest BCUT2D eigenvalue weighted by Crippen LogP contribution is -2.51. The summed E-state index contributed by atoms with van der Waals surface area (Å²) in [4.78, 5) is 33.9. The summed E-state index contributed by atoms with van der Waals surface area (Å²) in [5, 5.41) is 3.80. The first-order valence-corrected chi connectivity index (χ1v) is 12.8. The summed E-state index contributed by atoms with van der Waals surface area (Å²) in [6.45, 7) is 1.84. The Labute approximate surface area is 211 Å². The lowest BCUT2D eigenvalue weighted by molar-refractivity contribution is 0.0671. The van der Waals surface area contributed by atoms with E-state index in [1.165, 1.54) is 0 Å². The molecule has 0 spiro atoms. The van der Waals surface area contributed by atoms with Crippen molar-refractivity contribution in [3.05, 3.63) is 96.7 Å². The maximum atomic E-state index is 13.0. The molecule has 0 saturated carbocycles. The number of hydrogen-bond acceptors (Lipinski definition) is 4. The average molecular weight is 500 g/mol. The Bertz CT molecular complexity index is 1400. The molecule has 1 aliphatic heterocycles. The summed E-state index contributed by atoms with van der Waals surface area (Å²) < 4.78 is 15.9. The minimum absolute atomic E-state index is 0.0935. The van der Waals surface area contributed by atoms with Crippen LogP contribution in [-0.4, -0.2) is 57.1 Å². The number of urea groups is 1. The van der Waals surface area contributed by atoms with E-state index < -0.39 is 11.0 Å². The van der Waals surface area contributed by atoms with Gasteiger partial charge in [-0.05, 0) is 48.5 Å². The molecule has 4 aromatic rings. The third-order valence-electron chi connectivity index (χ3n) is 6.02. The normalized spacial score (nSPS) is 14.3. The van der Waals surface area contributed by atoms with Gasteiger partial charge in [0.1, 0.15) is 0 Å². The number of para-hydroxylation sites is 2. The number of rotatable bonds is 5. The van der Waals surface area contributed by atoms with Gasteiger partial charge in [0.15, 0.2) is 11.0 Å². The van der Waals surface area contributed by atoms with Crippen molar-refractivity contribution in [2.75, 3.05) is 36.2 Å². The molecule has 5 rings (SSSR count). The first kappa shape index (κ1) is 23.5. The third kappa shape index (κ3) is 5.21. The quantitative estimate of drug-likeness (QED) is 0.427. The summed E-state index contributed by atoms with van der Waals surface area (Å²) in [6, 6.07) is 25.4. The minimum atomic E-state index is -1.51. The summed E-state index contributed by atoms with van der Waals surface area (Å²) in [6.07, 6.45) is 1.68. The SMILES string of the molecule is O=C(Nc1ccccc1)N1CCN(C(=O)c2ccc(NS(=O)c3cccc4cccnc34)cc2)CC1. The Kier molecular flexibility index (Phi) is 6.90. The van der Waals surface area contributed by atoms with E-state index >= 15 is 0 Å². The number of amides is 3. The molecule has 0 aliphatic carbocycles. The number of anilines is 2. The van der Waals surface area contributed by atoms with E-state index in [0.717, 1.165) is 11.1 Å². The lowest BCUT2D eigenvalue weighted by atomic mass is 10.1. The van der Waals surface area contributed by atoms with E-state index in [0.29, 0.717) is 47.8 Å². The average Bonchev–Trinajstić information content (AvgIpc) is 2.93. The smallest absolute Gasteiger partial charge is 0.321 e. The van der Waals surface area contributed by atoms with E-state index in [4.69, 9.17) is 0 Å². The molecule has 2 heterocycles. The van der Waals surface area contributed by atoms with Crippen molar-refractivity contribution in [2.45, 2.75) is 4.90 Å². The first-order valence-electron chi connectivity index (χ1n) is 11.6. The van der Waals surface area contributed by atoms with Crippen LogP contribution in [0.25, 0.3) is 10.9 Å². The number of carbonyl (C=O) groups is 2.